The minimum absolute atomic E-state index is 0.0834. The molecule has 1 rings (SSSR count). The number of ether oxygens (including phenoxy) is 1. The molecule has 0 saturated heterocycles. The highest BCUT2D eigenvalue weighted by molar-refractivity contribution is 5.94. The van der Waals surface area contributed by atoms with E-state index < -0.39 is 12.1 Å². The molecule has 0 spiro atoms. The lowest BCUT2D eigenvalue weighted by Gasteiger charge is -2.24. The van der Waals surface area contributed by atoms with Gasteiger partial charge in [0.2, 0.25) is 5.91 Å². The second-order valence-corrected chi connectivity index (χ2v) is 6.55. The number of rotatable bonds is 6. The minimum atomic E-state index is -0.525. The molecular formula is C17H27N3O3. The van der Waals surface area contributed by atoms with Crippen molar-refractivity contribution in [2.45, 2.75) is 52.3 Å². The fourth-order valence-corrected chi connectivity index (χ4v) is 1.83. The molecule has 2 unspecified atom stereocenters. The highest BCUT2D eigenvalue weighted by atomic mass is 16.5. The van der Waals surface area contributed by atoms with Crippen LogP contribution in [0.4, 0.5) is 11.4 Å². The van der Waals surface area contributed by atoms with Gasteiger partial charge >= 0.3 is 0 Å². The zero-order valence-electron chi connectivity index (χ0n) is 14.7. The summed E-state index contributed by atoms with van der Waals surface area (Å²) in [5, 5.41) is 8.82. The smallest absolute Gasteiger partial charge is 0.253 e. The summed E-state index contributed by atoms with van der Waals surface area (Å²) in [6.07, 6.45) is -0.525. The molecule has 23 heavy (non-hydrogen) atoms. The van der Waals surface area contributed by atoms with Crippen molar-refractivity contribution in [2.24, 2.45) is 0 Å². The zero-order chi connectivity index (χ0) is 17.6. The van der Waals surface area contributed by atoms with Crippen molar-refractivity contribution in [3.8, 4) is 0 Å². The normalized spacial score (nSPS) is 13.8. The monoisotopic (exact) mass is 321 g/mol. The number of carbonyl (C=O) groups excluding carboxylic acids is 2. The van der Waals surface area contributed by atoms with E-state index in [0.717, 1.165) is 5.69 Å². The Morgan fingerprint density at radius 1 is 1.09 bits per heavy atom. The van der Waals surface area contributed by atoms with Gasteiger partial charge in [-0.25, -0.2) is 0 Å². The van der Waals surface area contributed by atoms with E-state index in [-0.39, 0.29) is 17.4 Å². The van der Waals surface area contributed by atoms with E-state index >= 15 is 0 Å². The molecule has 1 aromatic rings. The first-order valence-corrected chi connectivity index (χ1v) is 7.64. The van der Waals surface area contributed by atoms with E-state index in [1.807, 2.05) is 32.9 Å². The number of methoxy groups -OCH3 is 1. The van der Waals surface area contributed by atoms with Crippen LogP contribution in [0.25, 0.3) is 0 Å². The third-order valence-corrected chi connectivity index (χ3v) is 3.13. The van der Waals surface area contributed by atoms with Gasteiger partial charge in [0.25, 0.3) is 5.91 Å². The largest absolute Gasteiger partial charge is 0.374 e. The molecule has 0 saturated carbocycles. The van der Waals surface area contributed by atoms with E-state index in [2.05, 4.69) is 16.0 Å². The summed E-state index contributed by atoms with van der Waals surface area (Å²) in [4.78, 5) is 23.9. The Bertz CT molecular complexity index is 552. The van der Waals surface area contributed by atoms with Crippen molar-refractivity contribution < 1.29 is 14.3 Å². The molecule has 0 aliphatic carbocycles. The Kier molecular flexibility index (Phi) is 6.57. The van der Waals surface area contributed by atoms with Crippen LogP contribution in [0.15, 0.2) is 24.3 Å². The Balaban J connectivity index is 2.70. The molecule has 0 heterocycles. The Morgan fingerprint density at radius 2 is 1.70 bits per heavy atom. The van der Waals surface area contributed by atoms with Crippen molar-refractivity contribution in [1.29, 1.82) is 0 Å². The van der Waals surface area contributed by atoms with E-state index in [9.17, 15) is 9.59 Å². The SMILES string of the molecule is COC(C)C(=O)Nc1cccc(NC(C)C(=O)NC(C)(C)C)c1. The van der Waals surface area contributed by atoms with Gasteiger partial charge in [0.1, 0.15) is 12.1 Å². The molecule has 128 valence electrons. The Morgan fingerprint density at radius 3 is 2.26 bits per heavy atom. The van der Waals surface area contributed by atoms with Crippen LogP contribution in [-0.4, -0.2) is 36.6 Å². The molecule has 2 atom stereocenters. The van der Waals surface area contributed by atoms with Crippen LogP contribution in [0.2, 0.25) is 0 Å². The lowest BCUT2D eigenvalue weighted by molar-refractivity contribution is -0.125. The summed E-state index contributed by atoms with van der Waals surface area (Å²) in [5.74, 6) is -0.303. The van der Waals surface area contributed by atoms with Crippen molar-refractivity contribution >= 4 is 23.2 Å². The maximum absolute atomic E-state index is 12.1. The van der Waals surface area contributed by atoms with Crippen LogP contribution in [0.1, 0.15) is 34.6 Å². The molecule has 3 N–H and O–H groups in total. The average molecular weight is 321 g/mol. The molecule has 0 aliphatic rings. The third-order valence-electron chi connectivity index (χ3n) is 3.13. The first kappa shape index (κ1) is 19.0. The number of amides is 2. The number of nitrogens with one attached hydrogen (secondary N) is 3. The minimum Gasteiger partial charge on any atom is -0.374 e. The number of carbonyl (C=O) groups is 2. The van der Waals surface area contributed by atoms with Gasteiger partial charge in [-0.2, -0.15) is 0 Å². The number of hydrogen-bond acceptors (Lipinski definition) is 4. The van der Waals surface area contributed by atoms with Crippen molar-refractivity contribution in [1.82, 2.24) is 5.32 Å². The van der Waals surface area contributed by atoms with Crippen molar-refractivity contribution in [2.75, 3.05) is 17.7 Å². The van der Waals surface area contributed by atoms with E-state index in [1.165, 1.54) is 7.11 Å². The molecule has 1 aromatic carbocycles. The van der Waals surface area contributed by atoms with Crippen molar-refractivity contribution in [3.63, 3.8) is 0 Å². The van der Waals surface area contributed by atoms with Gasteiger partial charge in [0.15, 0.2) is 0 Å². The second-order valence-electron chi connectivity index (χ2n) is 6.55. The quantitative estimate of drug-likeness (QED) is 0.751. The predicted molar refractivity (Wildman–Crippen MR) is 92.5 cm³/mol. The molecule has 2 amide bonds. The van der Waals surface area contributed by atoms with Crippen molar-refractivity contribution in [3.05, 3.63) is 24.3 Å². The summed E-state index contributed by atoms with van der Waals surface area (Å²) >= 11 is 0. The standard InChI is InChI=1S/C17H27N3O3/c1-11(15(21)20-17(3,4)5)18-13-8-7-9-14(10-13)19-16(22)12(2)23-6/h7-12,18H,1-6H3,(H,19,22)(H,20,21). The van der Waals surface area contributed by atoms with E-state index in [4.69, 9.17) is 4.74 Å². The molecule has 0 aliphatic heterocycles. The van der Waals surface area contributed by atoms with Gasteiger partial charge in [-0.1, -0.05) is 6.07 Å². The summed E-state index contributed by atoms with van der Waals surface area (Å²) in [7, 11) is 1.48. The molecule has 6 nitrogen and oxygen atoms in total. The van der Waals surface area contributed by atoms with Crippen LogP contribution in [-0.2, 0) is 14.3 Å². The van der Waals surface area contributed by atoms with Crippen LogP contribution >= 0.6 is 0 Å². The predicted octanol–water partition coefficient (Wildman–Crippen LogP) is 2.38. The highest BCUT2D eigenvalue weighted by Crippen LogP contribution is 2.16. The lowest BCUT2D eigenvalue weighted by Crippen LogP contribution is -2.47. The second kappa shape index (κ2) is 7.97. The maximum Gasteiger partial charge on any atom is 0.253 e. The van der Waals surface area contributed by atoms with Gasteiger partial charge in [-0.3, -0.25) is 9.59 Å². The number of hydrogen-bond donors (Lipinski definition) is 3. The van der Waals surface area contributed by atoms with E-state index in [0.29, 0.717) is 5.69 Å². The maximum atomic E-state index is 12.1. The van der Waals surface area contributed by atoms with Crippen LogP contribution < -0.4 is 16.0 Å². The van der Waals surface area contributed by atoms with Gasteiger partial charge < -0.3 is 20.7 Å². The first-order valence-electron chi connectivity index (χ1n) is 7.64. The fraction of sp³-hybridized carbons (Fsp3) is 0.529. The van der Waals surface area contributed by atoms with Gasteiger partial charge in [-0.05, 0) is 52.8 Å². The molecule has 0 bridgehead atoms. The first-order chi connectivity index (χ1) is 10.6. The topological polar surface area (TPSA) is 79.5 Å². The third kappa shape index (κ3) is 6.69. The Hall–Kier alpha value is -2.08. The zero-order valence-corrected chi connectivity index (χ0v) is 14.7. The van der Waals surface area contributed by atoms with Crippen LogP contribution in [0.5, 0.6) is 0 Å². The van der Waals surface area contributed by atoms with Gasteiger partial charge in [-0.15, -0.1) is 0 Å². The summed E-state index contributed by atoms with van der Waals surface area (Å²) in [5.41, 5.74) is 1.12. The highest BCUT2D eigenvalue weighted by Gasteiger charge is 2.19. The number of benzene rings is 1. The molecule has 0 aromatic heterocycles. The molecule has 0 fully saturated rings. The summed E-state index contributed by atoms with van der Waals surface area (Å²) in [6.45, 7) is 9.27. The molecule has 6 heteroatoms. The van der Waals surface area contributed by atoms with Gasteiger partial charge in [0.05, 0.1) is 0 Å². The number of anilines is 2. The van der Waals surface area contributed by atoms with E-state index in [1.54, 1.807) is 26.0 Å². The summed E-state index contributed by atoms with van der Waals surface area (Å²) < 4.78 is 4.98. The average Bonchev–Trinajstić information content (AvgIpc) is 2.44. The Labute approximate surface area is 138 Å². The molecule has 0 radical (unpaired) electrons. The van der Waals surface area contributed by atoms with Crippen LogP contribution in [0, 0.1) is 0 Å². The van der Waals surface area contributed by atoms with Gasteiger partial charge in [0, 0.05) is 24.0 Å². The fourth-order valence-electron chi connectivity index (χ4n) is 1.83. The van der Waals surface area contributed by atoms with Crippen LogP contribution in [0.3, 0.4) is 0 Å². The molecular weight excluding hydrogens is 294 g/mol. The lowest BCUT2D eigenvalue weighted by atomic mass is 10.1. The summed E-state index contributed by atoms with van der Waals surface area (Å²) in [6, 6.07) is 6.82.